The monoisotopic (exact) mass is 580 g/mol. The molecule has 0 saturated carbocycles. The fraction of sp³-hybridized carbons (Fsp3) is 0.367. The van der Waals surface area contributed by atoms with Crippen molar-refractivity contribution in [3.63, 3.8) is 0 Å². The van der Waals surface area contributed by atoms with Crippen molar-refractivity contribution in [3.8, 4) is 17.2 Å². The van der Waals surface area contributed by atoms with Crippen LogP contribution < -0.4 is 10.2 Å². The van der Waals surface area contributed by atoms with Gasteiger partial charge in [0.1, 0.15) is 24.1 Å². The normalized spacial score (nSPS) is 25.2. The van der Waals surface area contributed by atoms with Crippen molar-refractivity contribution in [2.45, 2.75) is 37.1 Å². The number of likely N-dealkylation sites (tertiary alicyclic amines) is 1. The molecule has 1 aromatic heterocycles. The third-order valence-electron chi connectivity index (χ3n) is 8.06. The Balaban J connectivity index is 1.42. The lowest BCUT2D eigenvalue weighted by atomic mass is 9.97. The van der Waals surface area contributed by atoms with Gasteiger partial charge in [0.25, 0.3) is 0 Å². The number of nitrogens with one attached hydrogen (secondary N) is 1. The number of fused-ring (bicyclic) bond motifs is 2. The Hall–Kier alpha value is -3.49. The average Bonchev–Trinajstić information content (AvgIpc) is 3.30. The summed E-state index contributed by atoms with van der Waals surface area (Å²) in [5, 5.41) is 14.8. The standard InChI is InChI=1S/C30H28ClF3N6O/c1-39-14-20(32)12-21(39)15-41-30(9-10-35)16-36-13-26(34)40(30)29-23-7-5-19(11-25(23)37-17-38-29)22-4-2-3-18-6-8-24(33)28(31)27(18)22/h2-8,11,17,20-21,26,36H,9,12-16H2,1H3/t20-,21+,26?,30?/m1/s1. The van der Waals surface area contributed by atoms with Crippen molar-refractivity contribution < 1.29 is 17.9 Å². The van der Waals surface area contributed by atoms with Gasteiger partial charge < -0.3 is 10.1 Å². The van der Waals surface area contributed by atoms with E-state index in [9.17, 15) is 14.0 Å². The summed E-state index contributed by atoms with van der Waals surface area (Å²) in [6, 6.07) is 16.0. The molecule has 2 saturated heterocycles. The number of piperazine rings is 1. The number of ether oxygens (including phenoxy) is 1. The van der Waals surface area contributed by atoms with Crippen molar-refractivity contribution >= 4 is 39.1 Å². The molecule has 4 aromatic rings. The second kappa shape index (κ2) is 11.1. The van der Waals surface area contributed by atoms with E-state index < -0.39 is 24.0 Å². The number of hydrogen-bond donors (Lipinski definition) is 1. The van der Waals surface area contributed by atoms with Crippen molar-refractivity contribution in [3.05, 3.63) is 65.7 Å². The SMILES string of the molecule is CN1C[C@H](F)C[C@H]1COC1(CC#N)CNCC(F)N1c1ncnc2cc(-c3cccc4ccc(F)c(Cl)c34)ccc12. The minimum Gasteiger partial charge on any atom is -0.351 e. The molecule has 1 N–H and O–H groups in total. The Morgan fingerprint density at radius 2 is 2.05 bits per heavy atom. The van der Waals surface area contributed by atoms with E-state index in [1.807, 2.05) is 42.3 Å². The molecule has 0 amide bonds. The van der Waals surface area contributed by atoms with Crippen LogP contribution in [0.1, 0.15) is 12.8 Å². The third kappa shape index (κ3) is 4.97. The van der Waals surface area contributed by atoms with Gasteiger partial charge in [0, 0.05) is 36.4 Å². The number of nitriles is 1. The summed E-state index contributed by atoms with van der Waals surface area (Å²) in [5.41, 5.74) is 0.641. The summed E-state index contributed by atoms with van der Waals surface area (Å²) in [6.45, 7) is 0.631. The quantitative estimate of drug-likeness (QED) is 0.297. The van der Waals surface area contributed by atoms with Crippen LogP contribution in [-0.4, -0.2) is 72.4 Å². The van der Waals surface area contributed by atoms with E-state index in [0.717, 1.165) is 16.5 Å². The molecule has 6 rings (SSSR count). The molecular formula is C30H28ClF3N6O. The number of benzene rings is 3. The molecular weight excluding hydrogens is 553 g/mol. The van der Waals surface area contributed by atoms with Crippen LogP contribution in [0.2, 0.25) is 5.02 Å². The molecule has 212 valence electrons. The second-order valence-corrected chi connectivity index (χ2v) is 11.0. The van der Waals surface area contributed by atoms with Gasteiger partial charge >= 0.3 is 0 Å². The van der Waals surface area contributed by atoms with Crippen molar-refractivity contribution in [1.82, 2.24) is 20.2 Å². The first-order chi connectivity index (χ1) is 19.8. The van der Waals surface area contributed by atoms with Gasteiger partial charge in [0.2, 0.25) is 0 Å². The highest BCUT2D eigenvalue weighted by Crippen LogP contribution is 2.39. The zero-order valence-corrected chi connectivity index (χ0v) is 23.1. The zero-order valence-electron chi connectivity index (χ0n) is 22.3. The van der Waals surface area contributed by atoms with Crippen LogP contribution in [0.25, 0.3) is 32.8 Å². The van der Waals surface area contributed by atoms with E-state index in [-0.39, 0.29) is 43.0 Å². The largest absolute Gasteiger partial charge is 0.351 e. The Morgan fingerprint density at radius 1 is 1.20 bits per heavy atom. The van der Waals surface area contributed by atoms with Crippen LogP contribution in [0.4, 0.5) is 19.0 Å². The summed E-state index contributed by atoms with van der Waals surface area (Å²) in [4.78, 5) is 12.2. The molecule has 0 radical (unpaired) electrons. The number of anilines is 1. The van der Waals surface area contributed by atoms with E-state index in [1.54, 1.807) is 12.1 Å². The van der Waals surface area contributed by atoms with Crippen LogP contribution in [-0.2, 0) is 4.74 Å². The van der Waals surface area contributed by atoms with Gasteiger partial charge in [0.05, 0.1) is 29.6 Å². The summed E-state index contributed by atoms with van der Waals surface area (Å²) >= 11 is 6.38. The maximum Gasteiger partial charge on any atom is 0.188 e. The van der Waals surface area contributed by atoms with Gasteiger partial charge in [-0.05, 0) is 48.2 Å². The predicted molar refractivity (Wildman–Crippen MR) is 153 cm³/mol. The number of likely N-dealkylation sites (N-methyl/N-ethyl adjacent to an activating group) is 1. The summed E-state index contributed by atoms with van der Waals surface area (Å²) in [7, 11) is 1.83. The second-order valence-electron chi connectivity index (χ2n) is 10.6. The Bertz CT molecular complexity index is 1650. The molecule has 4 atom stereocenters. The van der Waals surface area contributed by atoms with Gasteiger partial charge in [-0.15, -0.1) is 0 Å². The maximum atomic E-state index is 15.8. The van der Waals surface area contributed by atoms with E-state index in [1.165, 1.54) is 17.3 Å². The topological polar surface area (TPSA) is 77.3 Å². The first-order valence-electron chi connectivity index (χ1n) is 13.4. The predicted octanol–water partition coefficient (Wildman–Crippen LogP) is 5.62. The van der Waals surface area contributed by atoms with Gasteiger partial charge in [-0.2, -0.15) is 5.26 Å². The average molecular weight is 581 g/mol. The van der Waals surface area contributed by atoms with Crippen LogP contribution in [0.5, 0.6) is 0 Å². The highest BCUT2D eigenvalue weighted by atomic mass is 35.5. The molecule has 2 fully saturated rings. The minimum atomic E-state index is -1.55. The van der Waals surface area contributed by atoms with Gasteiger partial charge in [-0.3, -0.25) is 9.80 Å². The van der Waals surface area contributed by atoms with Crippen LogP contribution in [0, 0.1) is 17.1 Å². The minimum absolute atomic E-state index is 0.00999. The molecule has 3 heterocycles. The summed E-state index contributed by atoms with van der Waals surface area (Å²) < 4.78 is 50.6. The van der Waals surface area contributed by atoms with Crippen molar-refractivity contribution in [1.29, 1.82) is 5.26 Å². The van der Waals surface area contributed by atoms with E-state index >= 15 is 4.39 Å². The highest BCUT2D eigenvalue weighted by molar-refractivity contribution is 6.36. The lowest BCUT2D eigenvalue weighted by Crippen LogP contribution is -2.67. The first kappa shape index (κ1) is 27.7. The number of alkyl halides is 2. The first-order valence-corrected chi connectivity index (χ1v) is 13.8. The Labute approximate surface area is 240 Å². The fourth-order valence-electron chi connectivity index (χ4n) is 6.00. The summed E-state index contributed by atoms with van der Waals surface area (Å²) in [6.07, 6.45) is -0.985. The van der Waals surface area contributed by atoms with Crippen LogP contribution in [0.3, 0.4) is 0 Å². The lowest BCUT2D eigenvalue weighted by molar-refractivity contribution is -0.0838. The fourth-order valence-corrected chi connectivity index (χ4v) is 6.27. The van der Waals surface area contributed by atoms with Crippen molar-refractivity contribution in [2.24, 2.45) is 0 Å². The molecule has 3 aromatic carbocycles. The van der Waals surface area contributed by atoms with E-state index in [4.69, 9.17) is 16.3 Å². The molecule has 11 heteroatoms. The molecule has 41 heavy (non-hydrogen) atoms. The van der Waals surface area contributed by atoms with Crippen LogP contribution in [0.15, 0.2) is 54.9 Å². The smallest absolute Gasteiger partial charge is 0.188 e. The number of nitrogens with zero attached hydrogens (tertiary/aromatic N) is 5. The van der Waals surface area contributed by atoms with Gasteiger partial charge in [0.15, 0.2) is 12.0 Å². The highest BCUT2D eigenvalue weighted by Gasteiger charge is 2.47. The zero-order chi connectivity index (χ0) is 28.7. The number of hydrogen-bond acceptors (Lipinski definition) is 7. The maximum absolute atomic E-state index is 15.8. The molecule has 2 unspecified atom stereocenters. The number of halogens is 4. The third-order valence-corrected chi connectivity index (χ3v) is 8.43. The molecule has 0 bridgehead atoms. The van der Waals surface area contributed by atoms with E-state index in [0.29, 0.717) is 29.3 Å². The Kier molecular flexibility index (Phi) is 7.47. The molecule has 2 aliphatic heterocycles. The number of aromatic nitrogens is 2. The molecule has 7 nitrogen and oxygen atoms in total. The van der Waals surface area contributed by atoms with Crippen LogP contribution >= 0.6 is 11.6 Å². The molecule has 0 aliphatic carbocycles. The Morgan fingerprint density at radius 3 is 2.83 bits per heavy atom. The van der Waals surface area contributed by atoms with Gasteiger partial charge in [-0.25, -0.2) is 23.1 Å². The summed E-state index contributed by atoms with van der Waals surface area (Å²) in [5.74, 6) is -0.222. The van der Waals surface area contributed by atoms with E-state index in [2.05, 4.69) is 21.4 Å². The lowest BCUT2D eigenvalue weighted by Gasteiger charge is -2.48. The van der Waals surface area contributed by atoms with Gasteiger partial charge in [-0.1, -0.05) is 41.9 Å². The number of rotatable bonds is 6. The molecule has 0 spiro atoms. The van der Waals surface area contributed by atoms with Crippen molar-refractivity contribution in [2.75, 3.05) is 38.2 Å². The molecule has 2 aliphatic rings.